The van der Waals surface area contributed by atoms with Gasteiger partial charge in [-0.2, -0.15) is 8.78 Å². The number of ether oxygens (including phenoxy) is 1. The Morgan fingerprint density at radius 3 is 2.80 bits per heavy atom. The number of hydrogen-bond donors (Lipinski definition) is 2. The topological polar surface area (TPSA) is 58.6 Å². The summed E-state index contributed by atoms with van der Waals surface area (Å²) in [4.78, 5) is 11.6. The largest absolute Gasteiger partial charge is 0.435 e. The first-order chi connectivity index (χ1) is 9.52. The molecule has 0 heterocycles. The van der Waals surface area contributed by atoms with Gasteiger partial charge in [0.15, 0.2) is 0 Å². The third-order valence-corrected chi connectivity index (χ3v) is 2.77. The normalized spacial score (nSPS) is 12.2. The summed E-state index contributed by atoms with van der Waals surface area (Å²) < 4.78 is 28.6. The van der Waals surface area contributed by atoms with E-state index < -0.39 is 6.61 Å². The monoisotopic (exact) mass is 287 g/mol. The van der Waals surface area contributed by atoms with E-state index in [9.17, 15) is 13.6 Å². The molecule has 1 rings (SSSR count). The summed E-state index contributed by atoms with van der Waals surface area (Å²) >= 11 is 0. The SMILES string of the molecule is CC(NC(=O)CCCCO)c1cccc(OC(F)F)c1. The van der Waals surface area contributed by atoms with Crippen molar-refractivity contribution in [1.82, 2.24) is 5.32 Å². The Balaban J connectivity index is 2.54. The maximum atomic E-state index is 12.1. The highest BCUT2D eigenvalue weighted by atomic mass is 19.3. The molecule has 6 heteroatoms. The minimum Gasteiger partial charge on any atom is -0.435 e. The lowest BCUT2D eigenvalue weighted by Gasteiger charge is -2.15. The van der Waals surface area contributed by atoms with E-state index in [-0.39, 0.29) is 24.3 Å². The van der Waals surface area contributed by atoms with Crippen molar-refractivity contribution in [3.63, 3.8) is 0 Å². The van der Waals surface area contributed by atoms with Gasteiger partial charge >= 0.3 is 6.61 Å². The Morgan fingerprint density at radius 2 is 2.15 bits per heavy atom. The van der Waals surface area contributed by atoms with Crippen LogP contribution in [-0.4, -0.2) is 24.2 Å². The number of benzene rings is 1. The molecule has 0 saturated heterocycles. The molecule has 1 aromatic rings. The number of carbonyl (C=O) groups excluding carboxylic acids is 1. The van der Waals surface area contributed by atoms with Gasteiger partial charge in [-0.05, 0) is 37.5 Å². The fourth-order valence-corrected chi connectivity index (χ4v) is 1.75. The Morgan fingerprint density at radius 1 is 1.40 bits per heavy atom. The quantitative estimate of drug-likeness (QED) is 0.723. The van der Waals surface area contributed by atoms with Gasteiger partial charge in [0.1, 0.15) is 5.75 Å². The zero-order chi connectivity index (χ0) is 15.0. The molecular weight excluding hydrogens is 268 g/mol. The number of halogens is 2. The maximum Gasteiger partial charge on any atom is 0.387 e. The molecule has 0 aliphatic carbocycles. The van der Waals surface area contributed by atoms with E-state index in [1.54, 1.807) is 19.1 Å². The van der Waals surface area contributed by atoms with Gasteiger partial charge < -0.3 is 15.2 Å². The Labute approximate surface area is 116 Å². The lowest BCUT2D eigenvalue weighted by atomic mass is 10.1. The van der Waals surface area contributed by atoms with Crippen molar-refractivity contribution in [3.8, 4) is 5.75 Å². The van der Waals surface area contributed by atoms with Crippen molar-refractivity contribution in [2.75, 3.05) is 6.61 Å². The molecule has 0 aliphatic rings. The third-order valence-electron chi connectivity index (χ3n) is 2.77. The van der Waals surface area contributed by atoms with Crippen LogP contribution in [-0.2, 0) is 4.79 Å². The second-order valence-corrected chi connectivity index (χ2v) is 4.42. The maximum absolute atomic E-state index is 12.1. The smallest absolute Gasteiger partial charge is 0.387 e. The third kappa shape index (κ3) is 5.97. The van der Waals surface area contributed by atoms with E-state index in [0.29, 0.717) is 24.8 Å². The number of unbranched alkanes of at least 4 members (excludes halogenated alkanes) is 1. The first-order valence-corrected chi connectivity index (χ1v) is 6.48. The molecule has 0 radical (unpaired) electrons. The number of aliphatic hydroxyl groups excluding tert-OH is 1. The van der Waals surface area contributed by atoms with Crippen molar-refractivity contribution in [2.24, 2.45) is 0 Å². The molecule has 4 nitrogen and oxygen atoms in total. The van der Waals surface area contributed by atoms with Crippen LogP contribution in [0.1, 0.15) is 37.8 Å². The van der Waals surface area contributed by atoms with Crippen LogP contribution in [0.3, 0.4) is 0 Å². The van der Waals surface area contributed by atoms with Gasteiger partial charge in [-0.1, -0.05) is 12.1 Å². The van der Waals surface area contributed by atoms with Gasteiger partial charge in [-0.3, -0.25) is 4.79 Å². The Hall–Kier alpha value is -1.69. The van der Waals surface area contributed by atoms with Crippen LogP contribution < -0.4 is 10.1 Å². The van der Waals surface area contributed by atoms with E-state index in [4.69, 9.17) is 5.11 Å². The van der Waals surface area contributed by atoms with Crippen molar-refractivity contribution in [2.45, 2.75) is 38.8 Å². The summed E-state index contributed by atoms with van der Waals surface area (Å²) in [5.74, 6) is -0.0648. The highest BCUT2D eigenvalue weighted by Crippen LogP contribution is 2.20. The minimum absolute atomic E-state index is 0.0653. The van der Waals surface area contributed by atoms with E-state index in [2.05, 4.69) is 10.1 Å². The minimum atomic E-state index is -2.87. The average molecular weight is 287 g/mol. The fourth-order valence-electron chi connectivity index (χ4n) is 1.75. The van der Waals surface area contributed by atoms with Gasteiger partial charge in [0.25, 0.3) is 0 Å². The summed E-state index contributed by atoms with van der Waals surface area (Å²) in [7, 11) is 0. The van der Waals surface area contributed by atoms with Crippen LogP contribution in [0.5, 0.6) is 5.75 Å². The number of amides is 1. The molecule has 0 bridgehead atoms. The second-order valence-electron chi connectivity index (χ2n) is 4.42. The highest BCUT2D eigenvalue weighted by molar-refractivity contribution is 5.76. The van der Waals surface area contributed by atoms with Crippen LogP contribution in [0.4, 0.5) is 8.78 Å². The van der Waals surface area contributed by atoms with E-state index in [1.165, 1.54) is 12.1 Å². The number of aliphatic hydroxyl groups is 1. The van der Waals surface area contributed by atoms with Crippen molar-refractivity contribution < 1.29 is 23.4 Å². The Kier molecular flexibility index (Phi) is 6.93. The van der Waals surface area contributed by atoms with E-state index >= 15 is 0 Å². The molecule has 112 valence electrons. The summed E-state index contributed by atoms with van der Waals surface area (Å²) in [5.41, 5.74) is 0.693. The van der Waals surface area contributed by atoms with Gasteiger partial charge in [-0.15, -0.1) is 0 Å². The number of hydrogen-bond acceptors (Lipinski definition) is 3. The summed E-state index contributed by atoms with van der Waals surface area (Å²) in [6.45, 7) is -1.03. The molecule has 0 aliphatic heterocycles. The van der Waals surface area contributed by atoms with Gasteiger partial charge in [-0.25, -0.2) is 0 Å². The molecule has 20 heavy (non-hydrogen) atoms. The first-order valence-electron chi connectivity index (χ1n) is 6.48. The summed E-state index contributed by atoms with van der Waals surface area (Å²) in [5, 5.41) is 11.4. The lowest BCUT2D eigenvalue weighted by molar-refractivity contribution is -0.121. The molecular formula is C14H19F2NO3. The Bertz CT molecular complexity index is 427. The van der Waals surface area contributed by atoms with Crippen LogP contribution >= 0.6 is 0 Å². The van der Waals surface area contributed by atoms with Crippen LogP contribution in [0.2, 0.25) is 0 Å². The van der Waals surface area contributed by atoms with Crippen LogP contribution in [0.25, 0.3) is 0 Å². The molecule has 1 unspecified atom stereocenters. The van der Waals surface area contributed by atoms with Gasteiger partial charge in [0, 0.05) is 13.0 Å². The molecule has 0 aromatic heterocycles. The molecule has 0 spiro atoms. The first kappa shape index (κ1) is 16.4. The van der Waals surface area contributed by atoms with Crippen molar-refractivity contribution in [1.29, 1.82) is 0 Å². The van der Waals surface area contributed by atoms with Crippen LogP contribution in [0.15, 0.2) is 24.3 Å². The zero-order valence-electron chi connectivity index (χ0n) is 11.3. The van der Waals surface area contributed by atoms with Gasteiger partial charge in [0.2, 0.25) is 5.91 Å². The molecule has 0 fully saturated rings. The fraction of sp³-hybridized carbons (Fsp3) is 0.500. The number of rotatable bonds is 8. The molecule has 1 amide bonds. The molecule has 2 N–H and O–H groups in total. The molecule has 1 atom stereocenters. The summed E-state index contributed by atoms with van der Waals surface area (Å²) in [6, 6.07) is 5.95. The standard InChI is InChI=1S/C14H19F2NO3/c1-10(17-13(19)7-2-3-8-18)11-5-4-6-12(9-11)20-14(15)16/h4-6,9-10,14,18H,2-3,7-8H2,1H3,(H,17,19). The average Bonchev–Trinajstić information content (AvgIpc) is 2.38. The van der Waals surface area contributed by atoms with E-state index in [0.717, 1.165) is 0 Å². The second kappa shape index (κ2) is 8.47. The number of nitrogens with one attached hydrogen (secondary N) is 1. The predicted molar refractivity (Wildman–Crippen MR) is 70.6 cm³/mol. The molecule has 1 aromatic carbocycles. The number of carbonyl (C=O) groups is 1. The molecule has 0 saturated carbocycles. The van der Waals surface area contributed by atoms with E-state index in [1.807, 2.05) is 0 Å². The van der Waals surface area contributed by atoms with Crippen LogP contribution in [0, 0.1) is 0 Å². The highest BCUT2D eigenvalue weighted by Gasteiger charge is 2.11. The van der Waals surface area contributed by atoms with Gasteiger partial charge in [0.05, 0.1) is 6.04 Å². The lowest BCUT2D eigenvalue weighted by Crippen LogP contribution is -2.26. The van der Waals surface area contributed by atoms with Crippen molar-refractivity contribution >= 4 is 5.91 Å². The summed E-state index contributed by atoms with van der Waals surface area (Å²) in [6.07, 6.45) is 1.53. The zero-order valence-corrected chi connectivity index (χ0v) is 11.3. The number of alkyl halides is 2. The van der Waals surface area contributed by atoms with Crippen molar-refractivity contribution in [3.05, 3.63) is 29.8 Å². The predicted octanol–water partition coefficient (Wildman–Crippen LogP) is 2.63.